The fourth-order valence-corrected chi connectivity index (χ4v) is 4.07. The first kappa shape index (κ1) is 18.6. The van der Waals surface area contributed by atoms with Gasteiger partial charge >= 0.3 is 0 Å². The molecular weight excluding hydrogens is 372 g/mol. The van der Waals surface area contributed by atoms with Crippen molar-refractivity contribution < 1.29 is 9.53 Å². The molecule has 1 aliphatic heterocycles. The average molecular weight is 397 g/mol. The highest BCUT2D eigenvalue weighted by molar-refractivity contribution is 7.13. The second-order valence-corrected chi connectivity index (χ2v) is 7.69. The molecule has 1 saturated heterocycles. The van der Waals surface area contributed by atoms with Gasteiger partial charge in [0, 0.05) is 32.2 Å². The molecule has 7 heteroatoms. The van der Waals surface area contributed by atoms with E-state index in [2.05, 4.69) is 32.6 Å². The molecule has 1 N–H and O–H groups in total. The molecule has 0 radical (unpaired) electrons. The van der Waals surface area contributed by atoms with Gasteiger partial charge in [-0.3, -0.25) is 9.89 Å². The number of ether oxygens (including phenoxy) is 1. The van der Waals surface area contributed by atoms with Crippen LogP contribution in [0, 0.1) is 0 Å². The zero-order valence-electron chi connectivity index (χ0n) is 15.9. The lowest BCUT2D eigenvalue weighted by Gasteiger charge is -2.34. The van der Waals surface area contributed by atoms with Gasteiger partial charge in [0.1, 0.15) is 5.75 Å². The Labute approximate surface area is 168 Å². The van der Waals surface area contributed by atoms with E-state index in [0.29, 0.717) is 13.0 Å². The van der Waals surface area contributed by atoms with E-state index in [4.69, 9.17) is 4.74 Å². The second kappa shape index (κ2) is 8.48. The number of rotatable bonds is 6. The van der Waals surface area contributed by atoms with Crippen LogP contribution in [0.4, 0.5) is 5.82 Å². The van der Waals surface area contributed by atoms with Crippen molar-refractivity contribution in [2.45, 2.75) is 13.3 Å². The monoisotopic (exact) mass is 396 g/mol. The summed E-state index contributed by atoms with van der Waals surface area (Å²) in [5, 5.41) is 9.62. The Morgan fingerprint density at radius 2 is 1.96 bits per heavy atom. The molecule has 3 heterocycles. The molecule has 4 rings (SSSR count). The number of aromatic amines is 1. The molecule has 3 aromatic rings. The molecule has 1 aromatic carbocycles. The third-order valence-electron chi connectivity index (χ3n) is 4.90. The molecule has 1 fully saturated rings. The number of hydrogen-bond acceptors (Lipinski definition) is 5. The van der Waals surface area contributed by atoms with Crippen molar-refractivity contribution in [2.24, 2.45) is 0 Å². The molecule has 0 spiro atoms. The van der Waals surface area contributed by atoms with Crippen LogP contribution in [0.15, 0.2) is 47.8 Å². The van der Waals surface area contributed by atoms with Crippen molar-refractivity contribution in [3.05, 3.63) is 53.4 Å². The molecule has 6 nitrogen and oxygen atoms in total. The van der Waals surface area contributed by atoms with Gasteiger partial charge in [-0.1, -0.05) is 18.2 Å². The van der Waals surface area contributed by atoms with E-state index >= 15 is 0 Å². The molecule has 0 unspecified atom stereocenters. The van der Waals surface area contributed by atoms with Gasteiger partial charge in [0.2, 0.25) is 5.91 Å². The summed E-state index contributed by atoms with van der Waals surface area (Å²) in [5.41, 5.74) is 2.06. The van der Waals surface area contributed by atoms with Gasteiger partial charge in [0.25, 0.3) is 0 Å². The predicted molar refractivity (Wildman–Crippen MR) is 112 cm³/mol. The first-order chi connectivity index (χ1) is 13.7. The maximum atomic E-state index is 12.6. The van der Waals surface area contributed by atoms with Gasteiger partial charge in [0.15, 0.2) is 5.82 Å². The van der Waals surface area contributed by atoms with Gasteiger partial charge in [0.05, 0.1) is 23.6 Å². The van der Waals surface area contributed by atoms with E-state index in [0.717, 1.165) is 49.0 Å². The van der Waals surface area contributed by atoms with Crippen LogP contribution in [0.2, 0.25) is 0 Å². The molecule has 1 amide bonds. The molecule has 1 aliphatic rings. The van der Waals surface area contributed by atoms with E-state index in [1.165, 1.54) is 4.88 Å². The highest BCUT2D eigenvalue weighted by atomic mass is 32.1. The molecule has 0 bridgehead atoms. The third kappa shape index (κ3) is 4.20. The number of nitrogens with one attached hydrogen (secondary N) is 1. The van der Waals surface area contributed by atoms with Gasteiger partial charge < -0.3 is 14.5 Å². The summed E-state index contributed by atoms with van der Waals surface area (Å²) in [5.74, 6) is 1.96. The fraction of sp³-hybridized carbons (Fsp3) is 0.333. The molecule has 0 saturated carbocycles. The van der Waals surface area contributed by atoms with Gasteiger partial charge in [-0.2, -0.15) is 5.10 Å². The van der Waals surface area contributed by atoms with Crippen LogP contribution in [0.1, 0.15) is 12.5 Å². The lowest BCUT2D eigenvalue weighted by atomic mass is 10.1. The summed E-state index contributed by atoms with van der Waals surface area (Å²) >= 11 is 1.69. The molecule has 0 aliphatic carbocycles. The highest BCUT2D eigenvalue weighted by Gasteiger charge is 2.23. The minimum absolute atomic E-state index is 0.171. The Kier molecular flexibility index (Phi) is 5.62. The maximum Gasteiger partial charge on any atom is 0.227 e. The number of amides is 1. The summed E-state index contributed by atoms with van der Waals surface area (Å²) < 4.78 is 5.45. The smallest absolute Gasteiger partial charge is 0.227 e. The van der Waals surface area contributed by atoms with E-state index in [1.807, 2.05) is 42.2 Å². The maximum absolute atomic E-state index is 12.6. The molecule has 0 atom stereocenters. The zero-order chi connectivity index (χ0) is 19.3. The Bertz CT molecular complexity index is 897. The number of anilines is 1. The van der Waals surface area contributed by atoms with E-state index < -0.39 is 0 Å². The highest BCUT2D eigenvalue weighted by Crippen LogP contribution is 2.26. The third-order valence-corrected chi connectivity index (χ3v) is 5.80. The number of nitrogens with zero attached hydrogens (tertiary/aromatic N) is 3. The van der Waals surface area contributed by atoms with Gasteiger partial charge in [-0.15, -0.1) is 11.3 Å². The predicted octanol–water partition coefficient (Wildman–Crippen LogP) is 3.43. The van der Waals surface area contributed by atoms with Gasteiger partial charge in [-0.25, -0.2) is 0 Å². The largest absolute Gasteiger partial charge is 0.494 e. The number of thiophene rings is 1. The van der Waals surface area contributed by atoms with Gasteiger partial charge in [-0.05, 0) is 36.1 Å². The van der Waals surface area contributed by atoms with Crippen LogP contribution in [0.3, 0.4) is 0 Å². The SMILES string of the molecule is CCOc1ccc(CC(=O)N2CCN(c3cc(-c4cccs4)[nH]n3)CC2)cc1. The molecule has 28 heavy (non-hydrogen) atoms. The van der Waals surface area contributed by atoms with Crippen LogP contribution in [-0.2, 0) is 11.2 Å². The van der Waals surface area contributed by atoms with Crippen LogP contribution >= 0.6 is 11.3 Å². The summed E-state index contributed by atoms with van der Waals surface area (Å²) in [7, 11) is 0. The normalized spacial score (nSPS) is 14.3. The van der Waals surface area contributed by atoms with E-state index in [1.54, 1.807) is 11.3 Å². The van der Waals surface area contributed by atoms with Crippen LogP contribution in [-0.4, -0.2) is 53.8 Å². The Hall–Kier alpha value is -2.80. The van der Waals surface area contributed by atoms with Crippen molar-refractivity contribution in [1.29, 1.82) is 0 Å². The minimum atomic E-state index is 0.171. The van der Waals surface area contributed by atoms with Crippen LogP contribution in [0.5, 0.6) is 5.75 Å². The second-order valence-electron chi connectivity index (χ2n) is 6.74. The Balaban J connectivity index is 1.30. The Morgan fingerprint density at radius 3 is 2.64 bits per heavy atom. The average Bonchev–Trinajstić information content (AvgIpc) is 3.42. The van der Waals surface area contributed by atoms with Crippen molar-refractivity contribution in [3.8, 4) is 16.3 Å². The summed E-state index contributed by atoms with van der Waals surface area (Å²) in [6, 6.07) is 14.0. The van der Waals surface area contributed by atoms with E-state index in [-0.39, 0.29) is 5.91 Å². The number of aromatic nitrogens is 2. The molecule has 2 aromatic heterocycles. The van der Waals surface area contributed by atoms with Crippen LogP contribution in [0.25, 0.3) is 10.6 Å². The standard InChI is InChI=1S/C21H24N4O2S/c1-2-27-17-7-5-16(6-8-17)14-21(26)25-11-9-24(10-12-25)20-15-18(22-23-20)19-4-3-13-28-19/h3-8,13,15H,2,9-12,14H2,1H3,(H,22,23). The van der Waals surface area contributed by atoms with Crippen molar-refractivity contribution in [2.75, 3.05) is 37.7 Å². The van der Waals surface area contributed by atoms with Crippen molar-refractivity contribution in [1.82, 2.24) is 15.1 Å². The first-order valence-corrected chi connectivity index (χ1v) is 10.4. The lowest BCUT2D eigenvalue weighted by molar-refractivity contribution is -0.130. The topological polar surface area (TPSA) is 61.5 Å². The van der Waals surface area contributed by atoms with Crippen molar-refractivity contribution in [3.63, 3.8) is 0 Å². The summed E-state index contributed by atoms with van der Waals surface area (Å²) in [4.78, 5) is 18.0. The number of benzene rings is 1. The number of carbonyl (C=O) groups excluding carboxylic acids is 1. The minimum Gasteiger partial charge on any atom is -0.494 e. The zero-order valence-corrected chi connectivity index (χ0v) is 16.7. The lowest BCUT2D eigenvalue weighted by Crippen LogP contribution is -2.49. The van der Waals surface area contributed by atoms with E-state index in [9.17, 15) is 4.79 Å². The number of piperazine rings is 1. The number of hydrogen-bond donors (Lipinski definition) is 1. The molecule has 146 valence electrons. The first-order valence-electron chi connectivity index (χ1n) is 9.56. The number of H-pyrrole nitrogens is 1. The molecular formula is C21H24N4O2S. The van der Waals surface area contributed by atoms with Crippen LogP contribution < -0.4 is 9.64 Å². The number of carbonyl (C=O) groups is 1. The quantitative estimate of drug-likeness (QED) is 0.693. The summed E-state index contributed by atoms with van der Waals surface area (Å²) in [6.07, 6.45) is 0.428. The Morgan fingerprint density at radius 1 is 1.18 bits per heavy atom. The van der Waals surface area contributed by atoms with Crippen molar-refractivity contribution >= 4 is 23.1 Å². The summed E-state index contributed by atoms with van der Waals surface area (Å²) in [6.45, 7) is 5.64. The fourth-order valence-electron chi connectivity index (χ4n) is 3.37.